The van der Waals surface area contributed by atoms with Crippen LogP contribution in [-0.2, 0) is 11.3 Å². The summed E-state index contributed by atoms with van der Waals surface area (Å²) in [7, 11) is 0. The summed E-state index contributed by atoms with van der Waals surface area (Å²) >= 11 is 0. The molecular formula is C15H20N4O3. The third-order valence-corrected chi connectivity index (χ3v) is 3.40. The second-order valence-electron chi connectivity index (χ2n) is 5.04. The van der Waals surface area contributed by atoms with Gasteiger partial charge in [-0.25, -0.2) is 4.68 Å². The van der Waals surface area contributed by atoms with E-state index >= 15 is 0 Å². The van der Waals surface area contributed by atoms with Crippen LogP contribution in [0, 0.1) is 0 Å². The topological polar surface area (TPSA) is 110 Å². The molecule has 0 aliphatic heterocycles. The number of hydrogen-bond donors (Lipinski definition) is 3. The average Bonchev–Trinajstić information content (AvgIpc) is 2.54. The minimum Gasteiger partial charge on any atom is -0.356 e. The molecule has 2 aromatic rings. The van der Waals surface area contributed by atoms with E-state index in [1.54, 1.807) is 24.3 Å². The van der Waals surface area contributed by atoms with Gasteiger partial charge in [0.25, 0.3) is 11.1 Å². The molecule has 7 nitrogen and oxygen atoms in total. The zero-order chi connectivity index (χ0) is 15.9. The first kappa shape index (κ1) is 16.0. The highest BCUT2D eigenvalue weighted by Gasteiger charge is 2.08. The molecule has 1 heterocycles. The highest BCUT2D eigenvalue weighted by Crippen LogP contribution is 2.02. The van der Waals surface area contributed by atoms with Crippen LogP contribution in [0.15, 0.2) is 33.9 Å². The van der Waals surface area contributed by atoms with Gasteiger partial charge in [-0.2, -0.15) is 0 Å². The Hall–Kier alpha value is -2.41. The zero-order valence-corrected chi connectivity index (χ0v) is 12.3. The fraction of sp³-hybridized carbons (Fsp3) is 0.400. The van der Waals surface area contributed by atoms with Gasteiger partial charge in [-0.3, -0.25) is 19.5 Å². The number of H-pyrrole nitrogens is 1. The Labute approximate surface area is 127 Å². The van der Waals surface area contributed by atoms with Crippen LogP contribution in [0.1, 0.15) is 19.3 Å². The molecule has 0 aliphatic rings. The Kier molecular flexibility index (Phi) is 5.48. The van der Waals surface area contributed by atoms with Crippen molar-refractivity contribution in [2.75, 3.05) is 13.1 Å². The second kappa shape index (κ2) is 7.56. The van der Waals surface area contributed by atoms with Gasteiger partial charge >= 0.3 is 0 Å². The van der Waals surface area contributed by atoms with Crippen LogP contribution >= 0.6 is 0 Å². The van der Waals surface area contributed by atoms with E-state index in [0.29, 0.717) is 23.9 Å². The fourth-order valence-electron chi connectivity index (χ4n) is 2.20. The normalized spacial score (nSPS) is 10.8. The van der Waals surface area contributed by atoms with Crippen LogP contribution in [0.25, 0.3) is 10.8 Å². The summed E-state index contributed by atoms with van der Waals surface area (Å²) in [6, 6.07) is 6.62. The van der Waals surface area contributed by atoms with E-state index in [-0.39, 0.29) is 30.0 Å². The van der Waals surface area contributed by atoms with Crippen LogP contribution in [0.5, 0.6) is 0 Å². The lowest BCUT2D eigenvalue weighted by atomic mass is 10.2. The molecule has 0 fully saturated rings. The summed E-state index contributed by atoms with van der Waals surface area (Å²) in [6.07, 6.45) is 1.82. The number of fused-ring (bicyclic) bond motifs is 1. The molecule has 0 radical (unpaired) electrons. The van der Waals surface area contributed by atoms with Gasteiger partial charge in [0, 0.05) is 13.0 Å². The van der Waals surface area contributed by atoms with Crippen molar-refractivity contribution in [1.29, 1.82) is 0 Å². The van der Waals surface area contributed by atoms with Gasteiger partial charge in [-0.05, 0) is 31.5 Å². The molecule has 0 unspecified atom stereocenters. The van der Waals surface area contributed by atoms with Crippen LogP contribution in [-0.4, -0.2) is 28.8 Å². The molecule has 0 saturated carbocycles. The molecule has 4 N–H and O–H groups in total. The summed E-state index contributed by atoms with van der Waals surface area (Å²) in [4.78, 5) is 35.8. The maximum absolute atomic E-state index is 12.2. The van der Waals surface area contributed by atoms with Crippen LogP contribution < -0.4 is 22.2 Å². The molecule has 0 atom stereocenters. The smallest absolute Gasteiger partial charge is 0.273 e. The van der Waals surface area contributed by atoms with E-state index < -0.39 is 0 Å². The Morgan fingerprint density at radius 1 is 1.18 bits per heavy atom. The maximum atomic E-state index is 12.2. The first-order valence-corrected chi connectivity index (χ1v) is 7.32. The monoisotopic (exact) mass is 304 g/mol. The minimum absolute atomic E-state index is 0.136. The molecule has 22 heavy (non-hydrogen) atoms. The summed E-state index contributed by atoms with van der Waals surface area (Å²) in [5.74, 6) is -0.155. The highest BCUT2D eigenvalue weighted by molar-refractivity contribution is 5.80. The van der Waals surface area contributed by atoms with Crippen LogP contribution in [0.2, 0.25) is 0 Å². The molecule has 0 bridgehead atoms. The van der Waals surface area contributed by atoms with E-state index in [1.807, 2.05) is 0 Å². The Morgan fingerprint density at radius 3 is 2.64 bits per heavy atom. The fourth-order valence-corrected chi connectivity index (χ4v) is 2.20. The molecule has 2 rings (SSSR count). The molecule has 7 heteroatoms. The lowest BCUT2D eigenvalue weighted by Gasteiger charge is -2.08. The van der Waals surface area contributed by atoms with Crippen molar-refractivity contribution in [2.24, 2.45) is 5.73 Å². The molecule has 0 aliphatic carbocycles. The van der Waals surface area contributed by atoms with Crippen molar-refractivity contribution in [3.63, 3.8) is 0 Å². The van der Waals surface area contributed by atoms with E-state index in [0.717, 1.165) is 12.8 Å². The van der Waals surface area contributed by atoms with Gasteiger partial charge < -0.3 is 11.1 Å². The maximum Gasteiger partial charge on any atom is 0.273 e. The van der Waals surface area contributed by atoms with Crippen molar-refractivity contribution in [3.8, 4) is 0 Å². The number of hydrogen-bond acceptors (Lipinski definition) is 4. The summed E-state index contributed by atoms with van der Waals surface area (Å²) < 4.78 is 1.18. The first-order valence-electron chi connectivity index (χ1n) is 7.32. The molecule has 118 valence electrons. The number of carbonyl (C=O) groups is 1. The minimum atomic E-state index is -0.335. The van der Waals surface area contributed by atoms with E-state index in [2.05, 4.69) is 10.4 Å². The molecule has 0 saturated heterocycles. The number of nitrogens with zero attached hydrogens (tertiary/aromatic N) is 1. The zero-order valence-electron chi connectivity index (χ0n) is 12.3. The number of aromatic nitrogens is 2. The van der Waals surface area contributed by atoms with Crippen molar-refractivity contribution >= 4 is 16.7 Å². The molecule has 1 aromatic carbocycles. The lowest BCUT2D eigenvalue weighted by Crippen LogP contribution is -2.32. The van der Waals surface area contributed by atoms with Crippen molar-refractivity contribution in [1.82, 2.24) is 15.1 Å². The Bertz CT molecular complexity index is 763. The summed E-state index contributed by atoms with van der Waals surface area (Å²) in [5.41, 5.74) is 4.74. The quantitative estimate of drug-likeness (QED) is 0.622. The van der Waals surface area contributed by atoms with Gasteiger partial charge in [-0.1, -0.05) is 12.1 Å². The van der Waals surface area contributed by atoms with Gasteiger partial charge in [0.2, 0.25) is 5.91 Å². The van der Waals surface area contributed by atoms with Gasteiger partial charge in [0.15, 0.2) is 0 Å². The number of unbranched alkanes of at least 4 members (excludes halogenated alkanes) is 1. The van der Waals surface area contributed by atoms with Crippen molar-refractivity contribution in [2.45, 2.75) is 25.8 Å². The van der Waals surface area contributed by atoms with Crippen molar-refractivity contribution in [3.05, 3.63) is 45.0 Å². The summed E-state index contributed by atoms with van der Waals surface area (Å²) in [5, 5.41) is 5.97. The lowest BCUT2D eigenvalue weighted by molar-refractivity contribution is -0.121. The highest BCUT2D eigenvalue weighted by atomic mass is 16.2. The van der Waals surface area contributed by atoms with Gasteiger partial charge in [-0.15, -0.1) is 0 Å². The molecule has 0 spiro atoms. The number of amides is 1. The Balaban J connectivity index is 2.03. The number of benzene rings is 1. The van der Waals surface area contributed by atoms with Crippen LogP contribution in [0.3, 0.4) is 0 Å². The first-order chi connectivity index (χ1) is 10.6. The second-order valence-corrected chi connectivity index (χ2v) is 5.04. The van der Waals surface area contributed by atoms with E-state index in [9.17, 15) is 14.4 Å². The third-order valence-electron chi connectivity index (χ3n) is 3.40. The van der Waals surface area contributed by atoms with Gasteiger partial charge in [0.05, 0.1) is 17.3 Å². The molecule has 1 amide bonds. The number of carbonyl (C=O) groups excluding carboxylic acids is 1. The van der Waals surface area contributed by atoms with Gasteiger partial charge in [0.1, 0.15) is 0 Å². The molecule has 1 aromatic heterocycles. The average molecular weight is 304 g/mol. The number of nitrogens with one attached hydrogen (secondary N) is 2. The predicted molar refractivity (Wildman–Crippen MR) is 84.7 cm³/mol. The number of rotatable bonds is 7. The number of nitrogens with two attached hydrogens (primary N) is 1. The number of aromatic amines is 1. The van der Waals surface area contributed by atoms with Crippen LogP contribution in [0.4, 0.5) is 0 Å². The standard InChI is InChI=1S/C15H20N4O3/c16-8-3-4-9-17-13(20)7-10-19-15(22)12-6-2-1-5-11(12)14(21)18-19/h1-2,5-6H,3-4,7-10,16H2,(H,17,20)(H,18,21). The molecular weight excluding hydrogens is 284 g/mol. The number of aryl methyl sites for hydroxylation is 1. The third kappa shape index (κ3) is 3.82. The SMILES string of the molecule is NCCCCNC(=O)CCn1[nH]c(=O)c2ccccc2c1=O. The largest absolute Gasteiger partial charge is 0.356 e. The predicted octanol–water partition coefficient (Wildman–Crippen LogP) is -0.0650. The van der Waals surface area contributed by atoms with E-state index in [1.165, 1.54) is 4.68 Å². The van der Waals surface area contributed by atoms with E-state index in [4.69, 9.17) is 5.73 Å². The van der Waals surface area contributed by atoms with Crippen molar-refractivity contribution < 1.29 is 4.79 Å². The summed E-state index contributed by atoms with van der Waals surface area (Å²) in [6.45, 7) is 1.31. The Morgan fingerprint density at radius 2 is 1.91 bits per heavy atom.